The second-order valence-electron chi connectivity index (χ2n) is 4.27. The molecule has 0 bridgehead atoms. The Morgan fingerprint density at radius 3 is 2.87 bits per heavy atom. The summed E-state index contributed by atoms with van der Waals surface area (Å²) >= 11 is 0. The first-order valence-corrected chi connectivity index (χ1v) is 6.37. The lowest BCUT2D eigenvalue weighted by molar-refractivity contribution is 0.646. The van der Waals surface area contributed by atoms with Gasteiger partial charge in [0, 0.05) is 6.54 Å². The summed E-state index contributed by atoms with van der Waals surface area (Å²) in [6.45, 7) is 6.57. The van der Waals surface area contributed by atoms with Gasteiger partial charge in [-0.2, -0.15) is 0 Å². The smallest absolute Gasteiger partial charge is 0.00115 e. The van der Waals surface area contributed by atoms with E-state index in [1.54, 1.807) is 0 Å². The molecule has 1 N–H and O–H groups in total. The standard InChI is InChI=1S/C13H22NP/c1-11-5-3-6-13(9-11)7-4-8-14-10-12(2)15/h3,5-6,9,12,14H,4,7-8,10,15H2,1-2H3. The molecule has 0 aliphatic carbocycles. The number of rotatable bonds is 6. The first-order valence-electron chi connectivity index (χ1n) is 5.70. The molecule has 0 radical (unpaired) electrons. The molecule has 0 heterocycles. The van der Waals surface area contributed by atoms with E-state index >= 15 is 0 Å². The highest BCUT2D eigenvalue weighted by Gasteiger charge is 1.95. The van der Waals surface area contributed by atoms with Gasteiger partial charge in [0.05, 0.1) is 0 Å². The molecule has 0 spiro atoms. The molecule has 0 aromatic heterocycles. The van der Waals surface area contributed by atoms with Gasteiger partial charge < -0.3 is 5.32 Å². The maximum absolute atomic E-state index is 3.45. The summed E-state index contributed by atoms with van der Waals surface area (Å²) in [4.78, 5) is 0. The van der Waals surface area contributed by atoms with Crippen molar-refractivity contribution in [3.63, 3.8) is 0 Å². The van der Waals surface area contributed by atoms with E-state index in [9.17, 15) is 0 Å². The molecule has 0 saturated carbocycles. The van der Waals surface area contributed by atoms with Crippen LogP contribution < -0.4 is 5.32 Å². The van der Waals surface area contributed by atoms with Gasteiger partial charge in [-0.3, -0.25) is 0 Å². The molecule has 0 aliphatic rings. The van der Waals surface area contributed by atoms with E-state index < -0.39 is 0 Å². The Bertz CT molecular complexity index is 284. The highest BCUT2D eigenvalue weighted by molar-refractivity contribution is 7.17. The van der Waals surface area contributed by atoms with Gasteiger partial charge in [-0.25, -0.2) is 0 Å². The Morgan fingerprint density at radius 2 is 2.20 bits per heavy atom. The normalized spacial score (nSPS) is 12.7. The molecule has 2 heteroatoms. The molecule has 1 rings (SSSR count). The van der Waals surface area contributed by atoms with Crippen LogP contribution in [-0.2, 0) is 6.42 Å². The molecule has 0 saturated heterocycles. The van der Waals surface area contributed by atoms with Crippen LogP contribution in [-0.4, -0.2) is 18.7 Å². The van der Waals surface area contributed by atoms with Crippen molar-refractivity contribution in [3.8, 4) is 0 Å². The summed E-state index contributed by atoms with van der Waals surface area (Å²) in [5, 5.41) is 3.45. The SMILES string of the molecule is Cc1cccc(CCCNCC(C)P)c1. The van der Waals surface area contributed by atoms with Crippen LogP contribution in [0.5, 0.6) is 0 Å². The predicted molar refractivity (Wildman–Crippen MR) is 71.5 cm³/mol. The Kier molecular flexibility index (Phi) is 5.90. The average Bonchev–Trinajstić information content (AvgIpc) is 2.17. The minimum atomic E-state index is 0.670. The van der Waals surface area contributed by atoms with Crippen molar-refractivity contribution in [3.05, 3.63) is 35.4 Å². The summed E-state index contributed by atoms with van der Waals surface area (Å²) in [5.74, 6) is 0. The molecule has 0 fully saturated rings. The number of aryl methyl sites for hydroxylation is 2. The van der Waals surface area contributed by atoms with Crippen LogP contribution in [0.25, 0.3) is 0 Å². The van der Waals surface area contributed by atoms with Crippen molar-refractivity contribution < 1.29 is 0 Å². The van der Waals surface area contributed by atoms with E-state index in [1.807, 2.05) is 0 Å². The highest BCUT2D eigenvalue weighted by atomic mass is 31.0. The minimum absolute atomic E-state index is 0.670. The van der Waals surface area contributed by atoms with E-state index in [1.165, 1.54) is 24.0 Å². The van der Waals surface area contributed by atoms with Crippen LogP contribution in [0.2, 0.25) is 0 Å². The molecule has 0 amide bonds. The number of benzene rings is 1. The topological polar surface area (TPSA) is 12.0 Å². The lowest BCUT2D eigenvalue weighted by Gasteiger charge is -2.07. The van der Waals surface area contributed by atoms with Crippen LogP contribution in [0.1, 0.15) is 24.5 Å². The summed E-state index contributed by atoms with van der Waals surface area (Å²) in [5.41, 5.74) is 3.48. The van der Waals surface area contributed by atoms with Crippen molar-refractivity contribution in [1.29, 1.82) is 0 Å². The Labute approximate surface area is 95.9 Å². The Hall–Kier alpha value is -0.390. The summed E-state index contributed by atoms with van der Waals surface area (Å²) < 4.78 is 0. The fourth-order valence-electron chi connectivity index (χ4n) is 1.61. The zero-order valence-electron chi connectivity index (χ0n) is 9.79. The Balaban J connectivity index is 2.15. The lowest BCUT2D eigenvalue weighted by atomic mass is 10.1. The largest absolute Gasteiger partial charge is 0.316 e. The van der Waals surface area contributed by atoms with E-state index in [2.05, 4.69) is 52.7 Å². The average molecular weight is 223 g/mol. The third-order valence-electron chi connectivity index (χ3n) is 2.37. The van der Waals surface area contributed by atoms with Crippen molar-refractivity contribution >= 4 is 9.24 Å². The first-order chi connectivity index (χ1) is 7.18. The van der Waals surface area contributed by atoms with E-state index in [4.69, 9.17) is 0 Å². The zero-order chi connectivity index (χ0) is 11.1. The van der Waals surface area contributed by atoms with Crippen LogP contribution >= 0.6 is 9.24 Å². The van der Waals surface area contributed by atoms with Gasteiger partial charge in [0.2, 0.25) is 0 Å². The van der Waals surface area contributed by atoms with Gasteiger partial charge in [0.1, 0.15) is 0 Å². The number of nitrogens with one attached hydrogen (secondary N) is 1. The monoisotopic (exact) mass is 223 g/mol. The molecule has 2 unspecified atom stereocenters. The summed E-state index contributed by atoms with van der Waals surface area (Å²) in [7, 11) is 2.81. The summed E-state index contributed by atoms with van der Waals surface area (Å²) in [6.07, 6.45) is 2.40. The van der Waals surface area contributed by atoms with Gasteiger partial charge in [-0.1, -0.05) is 36.8 Å². The van der Waals surface area contributed by atoms with Crippen molar-refractivity contribution in [1.82, 2.24) is 5.32 Å². The molecule has 84 valence electrons. The van der Waals surface area contributed by atoms with Crippen molar-refractivity contribution in [2.45, 2.75) is 32.3 Å². The fourth-order valence-corrected chi connectivity index (χ4v) is 1.78. The number of hydrogen-bond donors (Lipinski definition) is 1. The highest BCUT2D eigenvalue weighted by Crippen LogP contribution is 2.06. The van der Waals surface area contributed by atoms with Crippen LogP contribution in [0.15, 0.2) is 24.3 Å². The van der Waals surface area contributed by atoms with Crippen LogP contribution in [0, 0.1) is 6.92 Å². The molecule has 15 heavy (non-hydrogen) atoms. The quantitative estimate of drug-likeness (QED) is 0.577. The van der Waals surface area contributed by atoms with Gasteiger partial charge in [-0.05, 0) is 37.5 Å². The van der Waals surface area contributed by atoms with Crippen molar-refractivity contribution in [2.75, 3.05) is 13.1 Å². The molecular formula is C13H22NP. The molecule has 1 nitrogen and oxygen atoms in total. The van der Waals surface area contributed by atoms with Gasteiger partial charge in [-0.15, -0.1) is 9.24 Å². The van der Waals surface area contributed by atoms with Gasteiger partial charge >= 0.3 is 0 Å². The maximum atomic E-state index is 3.45. The predicted octanol–water partition coefficient (Wildman–Crippen LogP) is 2.78. The van der Waals surface area contributed by atoms with Crippen LogP contribution in [0.4, 0.5) is 0 Å². The first kappa shape index (κ1) is 12.7. The lowest BCUT2D eigenvalue weighted by Crippen LogP contribution is -2.22. The molecule has 0 aliphatic heterocycles. The second kappa shape index (κ2) is 6.98. The van der Waals surface area contributed by atoms with E-state index in [-0.39, 0.29) is 0 Å². The van der Waals surface area contributed by atoms with Gasteiger partial charge in [0.15, 0.2) is 0 Å². The van der Waals surface area contributed by atoms with Gasteiger partial charge in [0.25, 0.3) is 0 Å². The molecule has 1 aromatic carbocycles. The number of hydrogen-bond acceptors (Lipinski definition) is 1. The van der Waals surface area contributed by atoms with E-state index in [0.29, 0.717) is 5.66 Å². The molecule has 2 atom stereocenters. The zero-order valence-corrected chi connectivity index (χ0v) is 10.9. The summed E-state index contributed by atoms with van der Waals surface area (Å²) in [6, 6.07) is 8.78. The second-order valence-corrected chi connectivity index (χ2v) is 5.41. The van der Waals surface area contributed by atoms with E-state index in [0.717, 1.165) is 13.1 Å². The third kappa shape index (κ3) is 5.92. The third-order valence-corrected chi connectivity index (χ3v) is 2.60. The minimum Gasteiger partial charge on any atom is -0.316 e. The molecule has 1 aromatic rings. The fraction of sp³-hybridized carbons (Fsp3) is 0.538. The molecular weight excluding hydrogens is 201 g/mol. The van der Waals surface area contributed by atoms with Crippen LogP contribution in [0.3, 0.4) is 0 Å². The van der Waals surface area contributed by atoms with Crippen molar-refractivity contribution in [2.24, 2.45) is 0 Å². The Morgan fingerprint density at radius 1 is 1.40 bits per heavy atom. The maximum Gasteiger partial charge on any atom is 0.00115 e.